The first-order valence-electron chi connectivity index (χ1n) is 4.20. The standard InChI is InChI=1S/C8H11N3OS/c1-5-10-4-7(13-5)11-8(12)6-2-9-3-6/h4,6,9H,2-3H2,1H3,(H,11,12). The average molecular weight is 197 g/mol. The number of rotatable bonds is 2. The molecular weight excluding hydrogens is 186 g/mol. The summed E-state index contributed by atoms with van der Waals surface area (Å²) in [5, 5.41) is 7.72. The minimum Gasteiger partial charge on any atom is -0.316 e. The quantitative estimate of drug-likeness (QED) is 0.730. The van der Waals surface area contributed by atoms with Gasteiger partial charge in [0.25, 0.3) is 0 Å². The van der Waals surface area contributed by atoms with E-state index in [-0.39, 0.29) is 11.8 Å². The molecule has 1 fully saturated rings. The zero-order valence-electron chi connectivity index (χ0n) is 7.33. The van der Waals surface area contributed by atoms with Crippen molar-refractivity contribution >= 4 is 22.2 Å². The normalized spacial score (nSPS) is 16.7. The first-order chi connectivity index (χ1) is 6.25. The van der Waals surface area contributed by atoms with Crippen LogP contribution < -0.4 is 10.6 Å². The molecule has 0 spiro atoms. The van der Waals surface area contributed by atoms with E-state index in [1.165, 1.54) is 11.3 Å². The molecule has 5 heteroatoms. The van der Waals surface area contributed by atoms with Gasteiger partial charge in [-0.1, -0.05) is 0 Å². The number of hydrogen-bond donors (Lipinski definition) is 2. The molecule has 1 saturated heterocycles. The van der Waals surface area contributed by atoms with Crippen LogP contribution in [0.5, 0.6) is 0 Å². The lowest BCUT2D eigenvalue weighted by Crippen LogP contribution is -2.48. The lowest BCUT2D eigenvalue weighted by Gasteiger charge is -2.25. The van der Waals surface area contributed by atoms with Crippen LogP contribution in [0.1, 0.15) is 5.01 Å². The van der Waals surface area contributed by atoms with Gasteiger partial charge in [-0.05, 0) is 6.92 Å². The largest absolute Gasteiger partial charge is 0.316 e. The smallest absolute Gasteiger partial charge is 0.230 e. The molecule has 0 radical (unpaired) electrons. The Hall–Kier alpha value is -0.940. The summed E-state index contributed by atoms with van der Waals surface area (Å²) in [6.07, 6.45) is 1.70. The summed E-state index contributed by atoms with van der Waals surface area (Å²) in [5.74, 6) is 0.241. The van der Waals surface area contributed by atoms with Crippen molar-refractivity contribution in [1.82, 2.24) is 10.3 Å². The van der Waals surface area contributed by atoms with Crippen molar-refractivity contribution in [3.8, 4) is 0 Å². The van der Waals surface area contributed by atoms with Gasteiger partial charge in [0.2, 0.25) is 5.91 Å². The van der Waals surface area contributed by atoms with E-state index >= 15 is 0 Å². The zero-order chi connectivity index (χ0) is 9.26. The molecule has 0 unspecified atom stereocenters. The summed E-state index contributed by atoms with van der Waals surface area (Å²) >= 11 is 1.50. The Kier molecular flexibility index (Phi) is 2.28. The maximum atomic E-state index is 11.4. The SMILES string of the molecule is Cc1ncc(NC(=O)C2CNC2)s1. The number of aryl methyl sites for hydroxylation is 1. The fourth-order valence-corrected chi connectivity index (χ4v) is 1.80. The third kappa shape index (κ3) is 1.87. The highest BCUT2D eigenvalue weighted by Crippen LogP contribution is 2.18. The molecule has 1 aliphatic heterocycles. The van der Waals surface area contributed by atoms with Crippen molar-refractivity contribution in [3.63, 3.8) is 0 Å². The number of hydrogen-bond acceptors (Lipinski definition) is 4. The molecule has 1 aromatic rings. The molecule has 0 atom stereocenters. The number of carbonyl (C=O) groups is 1. The third-order valence-corrected chi connectivity index (χ3v) is 2.85. The molecule has 2 N–H and O–H groups in total. The van der Waals surface area contributed by atoms with Crippen molar-refractivity contribution in [2.75, 3.05) is 18.4 Å². The van der Waals surface area contributed by atoms with Gasteiger partial charge >= 0.3 is 0 Å². The second-order valence-corrected chi connectivity index (χ2v) is 4.32. The maximum Gasteiger partial charge on any atom is 0.230 e. The summed E-state index contributed by atoms with van der Waals surface area (Å²) in [7, 11) is 0. The highest BCUT2D eigenvalue weighted by Gasteiger charge is 2.24. The van der Waals surface area contributed by atoms with E-state index in [0.29, 0.717) is 0 Å². The fraction of sp³-hybridized carbons (Fsp3) is 0.500. The Labute approximate surface area is 80.4 Å². The Morgan fingerprint density at radius 1 is 1.77 bits per heavy atom. The van der Waals surface area contributed by atoms with Gasteiger partial charge in [-0.25, -0.2) is 4.98 Å². The van der Waals surface area contributed by atoms with Crippen molar-refractivity contribution in [2.24, 2.45) is 5.92 Å². The van der Waals surface area contributed by atoms with Crippen molar-refractivity contribution in [1.29, 1.82) is 0 Å². The second kappa shape index (κ2) is 3.43. The molecule has 1 aromatic heterocycles. The van der Waals surface area contributed by atoms with Crippen molar-refractivity contribution < 1.29 is 4.79 Å². The minimum atomic E-state index is 0.0994. The van der Waals surface area contributed by atoms with Gasteiger partial charge in [-0.2, -0.15) is 0 Å². The molecule has 70 valence electrons. The fourth-order valence-electron chi connectivity index (χ4n) is 1.12. The average Bonchev–Trinajstić information content (AvgIpc) is 2.31. The van der Waals surface area contributed by atoms with Crippen LogP contribution in [0.2, 0.25) is 0 Å². The van der Waals surface area contributed by atoms with E-state index in [9.17, 15) is 4.79 Å². The van der Waals surface area contributed by atoms with Crippen molar-refractivity contribution in [3.05, 3.63) is 11.2 Å². The molecule has 0 saturated carbocycles. The van der Waals surface area contributed by atoms with Gasteiger partial charge in [0.15, 0.2) is 0 Å². The van der Waals surface area contributed by atoms with Crippen LogP contribution in [-0.4, -0.2) is 24.0 Å². The summed E-state index contributed by atoms with van der Waals surface area (Å²) < 4.78 is 0. The lowest BCUT2D eigenvalue weighted by molar-refractivity contribution is -0.121. The highest BCUT2D eigenvalue weighted by atomic mass is 32.1. The number of nitrogens with one attached hydrogen (secondary N) is 2. The monoisotopic (exact) mass is 197 g/mol. The molecule has 4 nitrogen and oxygen atoms in total. The first kappa shape index (κ1) is 8.65. The molecule has 13 heavy (non-hydrogen) atoms. The van der Waals surface area contributed by atoms with E-state index < -0.39 is 0 Å². The number of nitrogens with zero attached hydrogens (tertiary/aromatic N) is 1. The highest BCUT2D eigenvalue weighted by molar-refractivity contribution is 7.15. The second-order valence-electron chi connectivity index (χ2n) is 3.09. The van der Waals surface area contributed by atoms with E-state index in [0.717, 1.165) is 23.1 Å². The summed E-state index contributed by atoms with van der Waals surface area (Å²) in [6.45, 7) is 3.51. The predicted molar refractivity (Wildman–Crippen MR) is 51.8 cm³/mol. The number of aromatic nitrogens is 1. The summed E-state index contributed by atoms with van der Waals surface area (Å²) in [5.41, 5.74) is 0. The molecule has 1 amide bonds. The molecular formula is C8H11N3OS. The molecule has 0 aromatic carbocycles. The predicted octanol–water partition coefficient (Wildman–Crippen LogP) is 0.609. The molecule has 2 heterocycles. The van der Waals surface area contributed by atoms with Gasteiger partial charge < -0.3 is 10.6 Å². The lowest BCUT2D eigenvalue weighted by atomic mass is 10.0. The number of anilines is 1. The maximum absolute atomic E-state index is 11.4. The van der Waals surface area contributed by atoms with E-state index in [2.05, 4.69) is 15.6 Å². The van der Waals surface area contributed by atoms with Crippen LogP contribution in [0.3, 0.4) is 0 Å². The molecule has 0 aliphatic carbocycles. The number of amides is 1. The number of thiazole rings is 1. The third-order valence-electron chi connectivity index (χ3n) is 2.02. The van der Waals surface area contributed by atoms with Crippen LogP contribution in [-0.2, 0) is 4.79 Å². The van der Waals surface area contributed by atoms with Gasteiger partial charge in [-0.15, -0.1) is 11.3 Å². The Balaban J connectivity index is 1.93. The Morgan fingerprint density at radius 2 is 2.54 bits per heavy atom. The van der Waals surface area contributed by atoms with Crippen LogP contribution >= 0.6 is 11.3 Å². The molecule has 0 bridgehead atoms. The molecule has 1 aliphatic rings. The van der Waals surface area contributed by atoms with Gasteiger partial charge in [0.05, 0.1) is 17.1 Å². The molecule has 2 rings (SSSR count). The van der Waals surface area contributed by atoms with Crippen LogP contribution in [0.25, 0.3) is 0 Å². The van der Waals surface area contributed by atoms with Gasteiger partial charge in [0.1, 0.15) is 5.00 Å². The summed E-state index contributed by atoms with van der Waals surface area (Å²) in [6, 6.07) is 0. The number of carbonyl (C=O) groups excluding carboxylic acids is 1. The van der Waals surface area contributed by atoms with E-state index in [1.807, 2.05) is 6.92 Å². The zero-order valence-corrected chi connectivity index (χ0v) is 8.15. The van der Waals surface area contributed by atoms with Crippen molar-refractivity contribution in [2.45, 2.75) is 6.92 Å². The van der Waals surface area contributed by atoms with Crippen LogP contribution in [0, 0.1) is 12.8 Å². The first-order valence-corrected chi connectivity index (χ1v) is 5.01. The van der Waals surface area contributed by atoms with E-state index in [1.54, 1.807) is 6.20 Å². The minimum absolute atomic E-state index is 0.0994. The topological polar surface area (TPSA) is 54.0 Å². The van der Waals surface area contributed by atoms with Crippen LogP contribution in [0.15, 0.2) is 6.20 Å². The Morgan fingerprint density at radius 3 is 3.00 bits per heavy atom. The summed E-state index contributed by atoms with van der Waals surface area (Å²) in [4.78, 5) is 15.5. The Bertz CT molecular complexity index is 319. The van der Waals surface area contributed by atoms with E-state index in [4.69, 9.17) is 0 Å². The van der Waals surface area contributed by atoms with Crippen LogP contribution in [0.4, 0.5) is 5.00 Å². The van der Waals surface area contributed by atoms with Gasteiger partial charge in [0, 0.05) is 13.1 Å². The van der Waals surface area contributed by atoms with Gasteiger partial charge in [-0.3, -0.25) is 4.79 Å².